The summed E-state index contributed by atoms with van der Waals surface area (Å²) < 4.78 is 36.3. The number of halogens is 3. The second-order valence-electron chi connectivity index (χ2n) is 7.92. The quantitative estimate of drug-likeness (QED) is 0.527. The van der Waals surface area contributed by atoms with Crippen molar-refractivity contribution in [1.82, 2.24) is 15.1 Å². The number of nitrogens with zero attached hydrogens (tertiary/aromatic N) is 2. The largest absolute Gasteiger partial charge is 0.488 e. The normalized spacial score (nSPS) is 15.7. The second-order valence-corrected chi connectivity index (χ2v) is 8.84. The Morgan fingerprint density at radius 2 is 1.94 bits per heavy atom. The van der Waals surface area contributed by atoms with Gasteiger partial charge in [-0.15, -0.1) is 0 Å². The van der Waals surface area contributed by atoms with Crippen LogP contribution in [0.4, 0.5) is 8.78 Å². The summed E-state index contributed by atoms with van der Waals surface area (Å²) in [6, 6.07) is 8.92. The highest BCUT2D eigenvalue weighted by atomic mass is 79.9. The molecule has 1 saturated carbocycles. The van der Waals surface area contributed by atoms with E-state index < -0.39 is 11.6 Å². The number of ether oxygens (including phenoxy) is 1. The zero-order valence-corrected chi connectivity index (χ0v) is 18.2. The Bertz CT molecular complexity index is 1170. The summed E-state index contributed by atoms with van der Waals surface area (Å²) in [6.07, 6.45) is 5.23. The molecule has 160 valence electrons. The van der Waals surface area contributed by atoms with Crippen LogP contribution < -0.4 is 10.1 Å². The lowest BCUT2D eigenvalue weighted by Gasteiger charge is -2.23. The van der Waals surface area contributed by atoms with E-state index in [1.807, 2.05) is 18.2 Å². The van der Waals surface area contributed by atoms with Gasteiger partial charge in [0.15, 0.2) is 11.5 Å². The number of carbonyl (C=O) groups is 1. The lowest BCUT2D eigenvalue weighted by molar-refractivity contribution is 0.0919. The second kappa shape index (κ2) is 8.07. The molecule has 1 aromatic heterocycles. The summed E-state index contributed by atoms with van der Waals surface area (Å²) in [5.74, 6) is -1.13. The summed E-state index contributed by atoms with van der Waals surface area (Å²) in [7, 11) is 0. The minimum atomic E-state index is -0.755. The molecule has 3 aromatic rings. The Kier molecular flexibility index (Phi) is 5.25. The Hall–Kier alpha value is -2.74. The van der Waals surface area contributed by atoms with E-state index >= 15 is 0 Å². The van der Waals surface area contributed by atoms with Crippen molar-refractivity contribution in [3.05, 3.63) is 63.8 Å². The Labute approximate surface area is 186 Å². The summed E-state index contributed by atoms with van der Waals surface area (Å²) >= 11 is 3.43. The van der Waals surface area contributed by atoms with Gasteiger partial charge in [0.1, 0.15) is 23.9 Å². The molecule has 5 nitrogen and oxygen atoms in total. The van der Waals surface area contributed by atoms with Crippen molar-refractivity contribution in [3.8, 4) is 22.7 Å². The van der Waals surface area contributed by atoms with Crippen LogP contribution >= 0.6 is 15.9 Å². The number of amides is 1. The predicted octanol–water partition coefficient (Wildman–Crippen LogP) is 5.53. The highest BCUT2D eigenvalue weighted by Gasteiger charge is 2.31. The number of aromatic nitrogens is 2. The number of rotatable bonds is 3. The van der Waals surface area contributed by atoms with Crippen molar-refractivity contribution >= 4 is 21.8 Å². The van der Waals surface area contributed by atoms with Gasteiger partial charge in [-0.2, -0.15) is 5.10 Å². The lowest BCUT2D eigenvalue weighted by Crippen LogP contribution is -2.37. The highest BCUT2D eigenvalue weighted by Crippen LogP contribution is 2.41. The average Bonchev–Trinajstić information content (AvgIpc) is 3.14. The molecule has 1 aliphatic heterocycles. The zero-order chi connectivity index (χ0) is 21.5. The van der Waals surface area contributed by atoms with Crippen molar-refractivity contribution in [2.45, 2.75) is 44.8 Å². The van der Waals surface area contributed by atoms with Gasteiger partial charge in [0, 0.05) is 27.7 Å². The Balaban J connectivity index is 1.64. The molecule has 0 radical (unpaired) electrons. The van der Waals surface area contributed by atoms with Gasteiger partial charge in [0.25, 0.3) is 5.91 Å². The van der Waals surface area contributed by atoms with Gasteiger partial charge in [0.2, 0.25) is 0 Å². The summed E-state index contributed by atoms with van der Waals surface area (Å²) in [5, 5.41) is 7.57. The van der Waals surface area contributed by atoms with E-state index in [0.717, 1.165) is 36.2 Å². The standard InChI is InChI=1S/C23H20BrF2N3O2/c24-13-6-8-16-20(10-13)31-12-17-21(23(30)27-15-4-2-1-3-5-15)28-29(22(16)17)19-9-7-14(25)11-18(19)26/h6-11,15H,1-5,12H2,(H,27,30). The van der Waals surface area contributed by atoms with E-state index in [0.29, 0.717) is 22.6 Å². The number of carbonyl (C=O) groups excluding carboxylic acids is 1. The summed E-state index contributed by atoms with van der Waals surface area (Å²) in [5.41, 5.74) is 2.14. The fourth-order valence-electron chi connectivity index (χ4n) is 4.34. The number of hydrogen-bond acceptors (Lipinski definition) is 3. The van der Waals surface area contributed by atoms with E-state index in [1.54, 1.807) is 0 Å². The molecule has 0 bridgehead atoms. The maximum atomic E-state index is 14.7. The fourth-order valence-corrected chi connectivity index (χ4v) is 4.68. The van der Waals surface area contributed by atoms with Crippen LogP contribution in [0.15, 0.2) is 40.9 Å². The first-order valence-electron chi connectivity index (χ1n) is 10.3. The molecule has 0 spiro atoms. The molecular weight excluding hydrogens is 468 g/mol. The summed E-state index contributed by atoms with van der Waals surface area (Å²) in [4.78, 5) is 13.1. The van der Waals surface area contributed by atoms with Crippen molar-refractivity contribution in [1.29, 1.82) is 0 Å². The van der Waals surface area contributed by atoms with Gasteiger partial charge in [-0.25, -0.2) is 13.5 Å². The molecule has 1 aliphatic carbocycles. The lowest BCUT2D eigenvalue weighted by atomic mass is 9.95. The number of benzene rings is 2. The minimum absolute atomic E-state index is 0.0742. The third-order valence-corrected chi connectivity index (χ3v) is 6.34. The van der Waals surface area contributed by atoms with Gasteiger partial charge in [-0.1, -0.05) is 35.2 Å². The van der Waals surface area contributed by atoms with Crippen LogP contribution in [-0.4, -0.2) is 21.7 Å². The Morgan fingerprint density at radius 3 is 2.71 bits per heavy atom. The van der Waals surface area contributed by atoms with Crippen molar-refractivity contribution in [3.63, 3.8) is 0 Å². The van der Waals surface area contributed by atoms with Gasteiger partial charge in [0.05, 0.1) is 5.69 Å². The smallest absolute Gasteiger partial charge is 0.272 e. The molecule has 31 heavy (non-hydrogen) atoms. The third-order valence-electron chi connectivity index (χ3n) is 5.85. The molecule has 0 unspecified atom stereocenters. The van der Waals surface area contributed by atoms with Crippen LogP contribution in [-0.2, 0) is 6.61 Å². The van der Waals surface area contributed by atoms with E-state index in [9.17, 15) is 13.6 Å². The minimum Gasteiger partial charge on any atom is -0.488 e. The SMILES string of the molecule is O=C(NC1CCCCC1)c1nn(-c2ccc(F)cc2F)c2c1COc1cc(Br)ccc1-2. The number of nitrogens with one attached hydrogen (secondary N) is 1. The molecule has 2 aromatic carbocycles. The van der Waals surface area contributed by atoms with Gasteiger partial charge >= 0.3 is 0 Å². The van der Waals surface area contributed by atoms with Crippen LogP contribution in [0.2, 0.25) is 0 Å². The van der Waals surface area contributed by atoms with Crippen molar-refractivity contribution in [2.75, 3.05) is 0 Å². The van der Waals surface area contributed by atoms with Crippen molar-refractivity contribution < 1.29 is 18.3 Å². The first-order valence-corrected chi connectivity index (χ1v) is 11.1. The number of fused-ring (bicyclic) bond motifs is 3. The highest BCUT2D eigenvalue weighted by molar-refractivity contribution is 9.10. The molecule has 2 aliphatic rings. The third kappa shape index (κ3) is 3.73. The van der Waals surface area contributed by atoms with Gasteiger partial charge < -0.3 is 10.1 Å². The van der Waals surface area contributed by atoms with Crippen molar-refractivity contribution in [2.24, 2.45) is 0 Å². The molecule has 1 N–H and O–H groups in total. The van der Waals surface area contributed by atoms with Crippen LogP contribution in [0.3, 0.4) is 0 Å². The molecule has 2 heterocycles. The van der Waals surface area contributed by atoms with E-state index in [1.165, 1.54) is 23.2 Å². The molecule has 1 amide bonds. The summed E-state index contributed by atoms with van der Waals surface area (Å²) in [6.45, 7) is 0.134. The molecule has 0 saturated heterocycles. The van der Waals surface area contributed by atoms with Crippen LogP contribution in [0.5, 0.6) is 5.75 Å². The maximum Gasteiger partial charge on any atom is 0.272 e. The van der Waals surface area contributed by atoms with Crippen LogP contribution in [0, 0.1) is 11.6 Å². The molecule has 8 heteroatoms. The first-order chi connectivity index (χ1) is 15.0. The zero-order valence-electron chi connectivity index (χ0n) is 16.6. The molecule has 0 atom stereocenters. The van der Waals surface area contributed by atoms with E-state index in [2.05, 4.69) is 26.3 Å². The maximum absolute atomic E-state index is 14.7. The van der Waals surface area contributed by atoms with E-state index in [4.69, 9.17) is 4.74 Å². The Morgan fingerprint density at radius 1 is 1.13 bits per heavy atom. The van der Waals surface area contributed by atoms with Crippen LogP contribution in [0.25, 0.3) is 16.9 Å². The van der Waals surface area contributed by atoms with Crippen LogP contribution in [0.1, 0.15) is 48.2 Å². The predicted molar refractivity (Wildman–Crippen MR) is 115 cm³/mol. The molecule has 5 rings (SSSR count). The average molecular weight is 488 g/mol. The molecular formula is C23H20BrF2N3O2. The van der Waals surface area contributed by atoms with Gasteiger partial charge in [-0.05, 0) is 43.2 Å². The van der Waals surface area contributed by atoms with E-state index in [-0.39, 0.29) is 29.9 Å². The fraction of sp³-hybridized carbons (Fsp3) is 0.304. The monoisotopic (exact) mass is 487 g/mol. The number of hydrogen-bond donors (Lipinski definition) is 1. The molecule has 1 fully saturated rings. The van der Waals surface area contributed by atoms with Gasteiger partial charge in [-0.3, -0.25) is 4.79 Å². The topological polar surface area (TPSA) is 56.2 Å². The first kappa shape index (κ1) is 20.2.